The van der Waals surface area contributed by atoms with Crippen LogP contribution < -0.4 is 0 Å². The maximum absolute atomic E-state index is 11.6. The minimum Gasteiger partial charge on any atom is -0.466 e. The standard InChI is InChI=1S/C24H40O4/c1-16(12-13-27-18(3)25)8-10-21-17(2)9-11-22-23(5,6)14-20(28-19(4)26)15-24(21,22)7/h9,16,20-22H,8,10-15H2,1-7H3/t16-,20+,21+,22+,24-/m0/s1. The quantitative estimate of drug-likeness (QED) is 0.412. The van der Waals surface area contributed by atoms with Crippen LogP contribution in [0.5, 0.6) is 0 Å². The summed E-state index contributed by atoms with van der Waals surface area (Å²) < 4.78 is 10.8. The lowest BCUT2D eigenvalue weighted by atomic mass is 9.47. The highest BCUT2D eigenvalue weighted by atomic mass is 16.5. The van der Waals surface area contributed by atoms with E-state index in [9.17, 15) is 9.59 Å². The number of carbonyl (C=O) groups excluding carboxylic acids is 2. The first-order chi connectivity index (χ1) is 13.0. The molecule has 0 N–H and O–H groups in total. The molecule has 1 fully saturated rings. The Morgan fingerprint density at radius 3 is 2.43 bits per heavy atom. The van der Waals surface area contributed by atoms with Crippen molar-refractivity contribution in [2.45, 2.75) is 93.1 Å². The molecule has 0 heterocycles. The molecule has 0 aromatic heterocycles. The van der Waals surface area contributed by atoms with E-state index >= 15 is 0 Å². The van der Waals surface area contributed by atoms with Crippen LogP contribution in [0.4, 0.5) is 0 Å². The maximum atomic E-state index is 11.6. The molecule has 2 aliphatic rings. The van der Waals surface area contributed by atoms with Gasteiger partial charge in [0.25, 0.3) is 0 Å². The normalized spacial score (nSPS) is 32.7. The zero-order valence-corrected chi connectivity index (χ0v) is 19.0. The highest BCUT2D eigenvalue weighted by Crippen LogP contribution is 2.61. The fourth-order valence-corrected chi connectivity index (χ4v) is 6.14. The lowest BCUT2D eigenvalue weighted by Crippen LogP contribution is -2.53. The molecule has 0 amide bonds. The highest BCUT2D eigenvalue weighted by molar-refractivity contribution is 5.66. The fourth-order valence-electron chi connectivity index (χ4n) is 6.14. The van der Waals surface area contributed by atoms with Gasteiger partial charge in [-0.1, -0.05) is 39.3 Å². The van der Waals surface area contributed by atoms with E-state index < -0.39 is 0 Å². The van der Waals surface area contributed by atoms with Gasteiger partial charge in [-0.15, -0.1) is 0 Å². The third-order valence-corrected chi connectivity index (χ3v) is 7.38. The molecule has 0 spiro atoms. The smallest absolute Gasteiger partial charge is 0.302 e. The van der Waals surface area contributed by atoms with Gasteiger partial charge in [0.05, 0.1) is 6.61 Å². The Bertz CT molecular complexity index is 606. The molecule has 160 valence electrons. The maximum Gasteiger partial charge on any atom is 0.302 e. The van der Waals surface area contributed by atoms with Gasteiger partial charge in [-0.3, -0.25) is 9.59 Å². The SMILES string of the molecule is CC(=O)OCC[C@@H](C)CC[C@@H]1C(C)=CC[C@@H]2C(C)(C)C[C@@H](OC(C)=O)C[C@@]12C. The zero-order chi connectivity index (χ0) is 21.1. The van der Waals surface area contributed by atoms with Crippen LogP contribution in [0, 0.1) is 28.6 Å². The average molecular weight is 393 g/mol. The first-order valence-corrected chi connectivity index (χ1v) is 10.9. The largest absolute Gasteiger partial charge is 0.466 e. The summed E-state index contributed by atoms with van der Waals surface area (Å²) in [6.07, 6.45) is 8.68. The molecule has 0 radical (unpaired) electrons. The lowest BCUT2D eigenvalue weighted by molar-refractivity contribution is -0.161. The number of esters is 2. The van der Waals surface area contributed by atoms with Gasteiger partial charge >= 0.3 is 11.9 Å². The first kappa shape index (κ1) is 23.0. The second kappa shape index (κ2) is 9.00. The lowest BCUT2D eigenvalue weighted by Gasteiger charge is -2.58. The molecule has 2 rings (SSSR count). The third kappa shape index (κ3) is 5.39. The van der Waals surface area contributed by atoms with E-state index in [1.807, 2.05) is 0 Å². The van der Waals surface area contributed by atoms with E-state index in [1.165, 1.54) is 19.4 Å². The Balaban J connectivity index is 2.11. The molecular formula is C24H40O4. The summed E-state index contributed by atoms with van der Waals surface area (Å²) in [5.41, 5.74) is 1.80. The van der Waals surface area contributed by atoms with Gasteiger partial charge in [-0.2, -0.15) is 0 Å². The molecule has 4 heteroatoms. The van der Waals surface area contributed by atoms with Crippen LogP contribution in [0.15, 0.2) is 11.6 Å². The van der Waals surface area contributed by atoms with Crippen LogP contribution in [0.2, 0.25) is 0 Å². The van der Waals surface area contributed by atoms with Crippen molar-refractivity contribution in [3.63, 3.8) is 0 Å². The number of hydrogen-bond acceptors (Lipinski definition) is 4. The van der Waals surface area contributed by atoms with Gasteiger partial charge in [0.1, 0.15) is 6.10 Å². The summed E-state index contributed by atoms with van der Waals surface area (Å²) in [5, 5.41) is 0. The van der Waals surface area contributed by atoms with Crippen molar-refractivity contribution in [3.05, 3.63) is 11.6 Å². The number of hydrogen-bond donors (Lipinski definition) is 0. The molecule has 5 atom stereocenters. The van der Waals surface area contributed by atoms with Gasteiger partial charge in [0, 0.05) is 13.8 Å². The molecule has 0 unspecified atom stereocenters. The molecule has 28 heavy (non-hydrogen) atoms. The number of allylic oxidation sites excluding steroid dienone is 2. The zero-order valence-electron chi connectivity index (χ0n) is 19.0. The Kier molecular flexibility index (Phi) is 7.38. The molecule has 1 saturated carbocycles. The van der Waals surface area contributed by atoms with E-state index in [0.717, 1.165) is 38.5 Å². The number of carbonyl (C=O) groups is 2. The van der Waals surface area contributed by atoms with Crippen molar-refractivity contribution in [1.29, 1.82) is 0 Å². The number of ether oxygens (including phenoxy) is 2. The molecule has 0 aromatic carbocycles. The first-order valence-electron chi connectivity index (χ1n) is 10.9. The number of rotatable bonds is 7. The fraction of sp³-hybridized carbons (Fsp3) is 0.833. The van der Waals surface area contributed by atoms with Crippen molar-refractivity contribution in [1.82, 2.24) is 0 Å². The van der Waals surface area contributed by atoms with Crippen LogP contribution in [-0.4, -0.2) is 24.6 Å². The number of fused-ring (bicyclic) bond motifs is 1. The Labute approximate surface area is 171 Å². The van der Waals surface area contributed by atoms with Crippen molar-refractivity contribution < 1.29 is 19.1 Å². The minimum absolute atomic E-state index is 0.0172. The van der Waals surface area contributed by atoms with E-state index in [-0.39, 0.29) is 28.9 Å². The van der Waals surface area contributed by atoms with Crippen molar-refractivity contribution in [2.24, 2.45) is 28.6 Å². The van der Waals surface area contributed by atoms with E-state index in [0.29, 0.717) is 24.4 Å². The predicted molar refractivity (Wildman–Crippen MR) is 112 cm³/mol. The summed E-state index contributed by atoms with van der Waals surface area (Å²) in [4.78, 5) is 22.6. The van der Waals surface area contributed by atoms with E-state index in [4.69, 9.17) is 9.47 Å². The van der Waals surface area contributed by atoms with E-state index in [2.05, 4.69) is 40.7 Å². The van der Waals surface area contributed by atoms with Crippen LogP contribution in [0.25, 0.3) is 0 Å². The molecule has 0 aromatic rings. The van der Waals surface area contributed by atoms with Gasteiger partial charge in [-0.05, 0) is 74.0 Å². The summed E-state index contributed by atoms with van der Waals surface area (Å²) >= 11 is 0. The van der Waals surface area contributed by atoms with E-state index in [1.54, 1.807) is 0 Å². The summed E-state index contributed by atoms with van der Waals surface area (Å²) in [6.45, 7) is 15.1. The minimum atomic E-state index is -0.199. The second-order valence-corrected chi connectivity index (χ2v) is 10.2. The Morgan fingerprint density at radius 2 is 1.82 bits per heavy atom. The molecular weight excluding hydrogens is 352 g/mol. The van der Waals surface area contributed by atoms with Crippen LogP contribution in [0.1, 0.15) is 87.0 Å². The molecule has 2 aliphatic carbocycles. The predicted octanol–water partition coefficient (Wildman–Crippen LogP) is 5.70. The second-order valence-electron chi connectivity index (χ2n) is 10.2. The van der Waals surface area contributed by atoms with Gasteiger partial charge in [-0.25, -0.2) is 0 Å². The van der Waals surface area contributed by atoms with Gasteiger partial charge < -0.3 is 9.47 Å². The summed E-state index contributed by atoms with van der Waals surface area (Å²) in [5.74, 6) is 1.28. The van der Waals surface area contributed by atoms with Crippen LogP contribution in [-0.2, 0) is 19.1 Å². The summed E-state index contributed by atoms with van der Waals surface area (Å²) in [7, 11) is 0. The Hall–Kier alpha value is -1.32. The highest BCUT2D eigenvalue weighted by Gasteiger charge is 2.54. The average Bonchev–Trinajstić information content (AvgIpc) is 2.51. The monoisotopic (exact) mass is 392 g/mol. The topological polar surface area (TPSA) is 52.6 Å². The third-order valence-electron chi connectivity index (χ3n) is 7.38. The van der Waals surface area contributed by atoms with Gasteiger partial charge in [0.15, 0.2) is 0 Å². The molecule has 0 saturated heterocycles. The Morgan fingerprint density at radius 1 is 1.14 bits per heavy atom. The van der Waals surface area contributed by atoms with Crippen molar-refractivity contribution >= 4 is 11.9 Å². The van der Waals surface area contributed by atoms with Crippen molar-refractivity contribution in [3.8, 4) is 0 Å². The van der Waals surface area contributed by atoms with Crippen molar-refractivity contribution in [2.75, 3.05) is 6.61 Å². The molecule has 0 aliphatic heterocycles. The summed E-state index contributed by atoms with van der Waals surface area (Å²) in [6, 6.07) is 0. The van der Waals surface area contributed by atoms with Crippen LogP contribution in [0.3, 0.4) is 0 Å². The molecule has 4 nitrogen and oxygen atoms in total. The van der Waals surface area contributed by atoms with Crippen LogP contribution >= 0.6 is 0 Å². The van der Waals surface area contributed by atoms with Gasteiger partial charge in [0.2, 0.25) is 0 Å². The molecule has 0 bridgehead atoms.